The third kappa shape index (κ3) is 4.34. The second kappa shape index (κ2) is 6.78. The molecule has 0 spiro atoms. The van der Waals surface area contributed by atoms with Crippen LogP contribution in [0, 0.1) is 11.5 Å². The van der Waals surface area contributed by atoms with Gasteiger partial charge in [-0.05, 0) is 55.6 Å². The number of hydrogen-bond donors (Lipinski definition) is 0. The Labute approximate surface area is 172 Å². The molecule has 3 aromatic rings. The van der Waals surface area contributed by atoms with Crippen molar-refractivity contribution in [3.8, 4) is 11.5 Å². The van der Waals surface area contributed by atoms with Gasteiger partial charge in [0.15, 0.2) is 0 Å². The standard InChI is InChI=1S/C27H34Si/c1-26(2,3)21-12-13-23-20(17-21)16-19-10-11-22(27(4,5)6)18-25(19)24(23)14-15-28(7,8)9/h10-13,16-18H,1-9H3. The van der Waals surface area contributed by atoms with Crippen LogP contribution in [0.3, 0.4) is 0 Å². The van der Waals surface area contributed by atoms with Gasteiger partial charge in [0.1, 0.15) is 8.07 Å². The topological polar surface area (TPSA) is 0 Å². The molecular formula is C27H34Si. The molecule has 0 saturated carbocycles. The van der Waals surface area contributed by atoms with Crippen LogP contribution in [-0.2, 0) is 10.8 Å². The van der Waals surface area contributed by atoms with E-state index in [4.69, 9.17) is 0 Å². The molecule has 0 amide bonds. The van der Waals surface area contributed by atoms with E-state index in [2.05, 4.69) is 115 Å². The van der Waals surface area contributed by atoms with Crippen LogP contribution in [-0.4, -0.2) is 8.07 Å². The molecule has 3 rings (SSSR count). The number of rotatable bonds is 0. The third-order valence-electron chi connectivity index (χ3n) is 5.25. The highest BCUT2D eigenvalue weighted by molar-refractivity contribution is 6.83. The summed E-state index contributed by atoms with van der Waals surface area (Å²) in [5, 5.41) is 5.14. The van der Waals surface area contributed by atoms with Crippen LogP contribution in [0.25, 0.3) is 21.5 Å². The summed E-state index contributed by atoms with van der Waals surface area (Å²) in [4.78, 5) is 0. The fourth-order valence-electron chi connectivity index (χ4n) is 3.44. The maximum atomic E-state index is 3.62. The smallest absolute Gasteiger partial charge is 0.127 e. The van der Waals surface area contributed by atoms with Crippen molar-refractivity contribution in [1.29, 1.82) is 0 Å². The van der Waals surface area contributed by atoms with Gasteiger partial charge in [-0.15, -0.1) is 5.54 Å². The molecule has 0 heterocycles. The van der Waals surface area contributed by atoms with Gasteiger partial charge < -0.3 is 0 Å². The van der Waals surface area contributed by atoms with E-state index in [0.29, 0.717) is 0 Å². The van der Waals surface area contributed by atoms with E-state index in [9.17, 15) is 0 Å². The lowest BCUT2D eigenvalue weighted by Crippen LogP contribution is -2.16. The van der Waals surface area contributed by atoms with Crippen molar-refractivity contribution in [3.63, 3.8) is 0 Å². The van der Waals surface area contributed by atoms with E-state index < -0.39 is 8.07 Å². The van der Waals surface area contributed by atoms with E-state index in [-0.39, 0.29) is 10.8 Å². The molecule has 28 heavy (non-hydrogen) atoms. The van der Waals surface area contributed by atoms with E-state index in [1.54, 1.807) is 0 Å². The van der Waals surface area contributed by atoms with Crippen LogP contribution < -0.4 is 0 Å². The Bertz CT molecular complexity index is 1100. The molecule has 0 unspecified atom stereocenters. The first-order valence-electron chi connectivity index (χ1n) is 10.3. The van der Waals surface area contributed by atoms with Gasteiger partial charge in [0.25, 0.3) is 0 Å². The summed E-state index contributed by atoms with van der Waals surface area (Å²) in [5.41, 5.74) is 7.81. The summed E-state index contributed by atoms with van der Waals surface area (Å²) in [7, 11) is -1.47. The zero-order valence-electron chi connectivity index (χ0n) is 19.0. The molecule has 0 saturated heterocycles. The largest absolute Gasteiger partial charge is 0.129 e. The summed E-state index contributed by atoms with van der Waals surface area (Å²) >= 11 is 0. The quantitative estimate of drug-likeness (QED) is 0.210. The van der Waals surface area contributed by atoms with Gasteiger partial charge in [-0.25, -0.2) is 0 Å². The average Bonchev–Trinajstić information content (AvgIpc) is 2.55. The van der Waals surface area contributed by atoms with Gasteiger partial charge in [0.2, 0.25) is 0 Å². The Morgan fingerprint density at radius 3 is 1.79 bits per heavy atom. The fourth-order valence-corrected chi connectivity index (χ4v) is 3.94. The molecule has 0 atom stereocenters. The highest BCUT2D eigenvalue weighted by Crippen LogP contribution is 2.34. The minimum atomic E-state index is -1.47. The maximum Gasteiger partial charge on any atom is 0.129 e. The number of hydrogen-bond acceptors (Lipinski definition) is 0. The van der Waals surface area contributed by atoms with Crippen molar-refractivity contribution in [2.24, 2.45) is 0 Å². The minimum absolute atomic E-state index is 0.128. The summed E-state index contributed by atoms with van der Waals surface area (Å²) in [5.74, 6) is 3.62. The van der Waals surface area contributed by atoms with E-state index in [1.165, 1.54) is 38.2 Å². The normalized spacial score (nSPS) is 12.9. The summed E-state index contributed by atoms with van der Waals surface area (Å²) in [6.07, 6.45) is 0. The maximum absolute atomic E-state index is 3.62. The van der Waals surface area contributed by atoms with Crippen molar-refractivity contribution in [1.82, 2.24) is 0 Å². The Kier molecular flexibility index (Phi) is 5.01. The monoisotopic (exact) mass is 386 g/mol. The van der Waals surface area contributed by atoms with Crippen LogP contribution >= 0.6 is 0 Å². The van der Waals surface area contributed by atoms with Gasteiger partial charge in [-0.1, -0.05) is 97.4 Å². The van der Waals surface area contributed by atoms with Gasteiger partial charge in [-0.3, -0.25) is 0 Å². The third-order valence-corrected chi connectivity index (χ3v) is 6.12. The van der Waals surface area contributed by atoms with Gasteiger partial charge >= 0.3 is 0 Å². The van der Waals surface area contributed by atoms with Crippen molar-refractivity contribution in [2.45, 2.75) is 72.0 Å². The Hall–Kier alpha value is -2.04. The zero-order chi connectivity index (χ0) is 20.9. The van der Waals surface area contributed by atoms with Crippen LogP contribution in [0.15, 0.2) is 42.5 Å². The summed E-state index contributed by atoms with van der Waals surface area (Å²) in [6, 6.07) is 16.2. The average molecular weight is 387 g/mol. The summed E-state index contributed by atoms with van der Waals surface area (Å²) in [6.45, 7) is 20.6. The fraction of sp³-hybridized carbons (Fsp3) is 0.407. The molecule has 3 aromatic carbocycles. The SMILES string of the molecule is CC(C)(C)c1ccc2c(C#C[Si](C)(C)C)c3cc(C(C)(C)C)ccc3cc2c1. The molecule has 0 N–H and O–H groups in total. The van der Waals surface area contributed by atoms with Crippen LogP contribution in [0.1, 0.15) is 58.2 Å². The van der Waals surface area contributed by atoms with Crippen LogP contribution in [0.5, 0.6) is 0 Å². The van der Waals surface area contributed by atoms with Gasteiger partial charge in [0.05, 0.1) is 0 Å². The molecular weight excluding hydrogens is 352 g/mol. The molecule has 0 bridgehead atoms. The van der Waals surface area contributed by atoms with E-state index in [0.717, 1.165) is 0 Å². The van der Waals surface area contributed by atoms with Crippen LogP contribution in [0.4, 0.5) is 0 Å². The van der Waals surface area contributed by atoms with Gasteiger partial charge in [0, 0.05) is 5.56 Å². The first-order chi connectivity index (χ1) is 12.8. The second-order valence-electron chi connectivity index (χ2n) is 11.1. The Morgan fingerprint density at radius 1 is 0.643 bits per heavy atom. The highest BCUT2D eigenvalue weighted by atomic mass is 28.3. The molecule has 1 heteroatoms. The molecule has 0 aliphatic rings. The van der Waals surface area contributed by atoms with Crippen LogP contribution in [0.2, 0.25) is 19.6 Å². The molecule has 0 aliphatic carbocycles. The van der Waals surface area contributed by atoms with Gasteiger partial charge in [-0.2, -0.15) is 0 Å². The second-order valence-corrected chi connectivity index (χ2v) is 15.9. The molecule has 0 aromatic heterocycles. The molecule has 0 aliphatic heterocycles. The van der Waals surface area contributed by atoms with Crippen molar-refractivity contribution >= 4 is 29.6 Å². The predicted molar refractivity (Wildman–Crippen MR) is 129 cm³/mol. The van der Waals surface area contributed by atoms with E-state index in [1.807, 2.05) is 0 Å². The highest BCUT2D eigenvalue weighted by Gasteiger charge is 2.18. The zero-order valence-corrected chi connectivity index (χ0v) is 20.0. The Morgan fingerprint density at radius 2 is 1.21 bits per heavy atom. The Balaban J connectivity index is 2.41. The molecule has 0 fully saturated rings. The first kappa shape index (κ1) is 20.7. The lowest BCUT2D eigenvalue weighted by molar-refractivity contribution is 0.590. The van der Waals surface area contributed by atoms with Crippen molar-refractivity contribution in [2.75, 3.05) is 0 Å². The first-order valence-corrected chi connectivity index (χ1v) is 13.8. The molecule has 146 valence electrons. The summed E-state index contributed by atoms with van der Waals surface area (Å²) < 4.78 is 0. The minimum Gasteiger partial charge on any atom is -0.127 e. The van der Waals surface area contributed by atoms with E-state index >= 15 is 0 Å². The molecule has 0 radical (unpaired) electrons. The lowest BCUT2D eigenvalue weighted by Gasteiger charge is -2.22. The van der Waals surface area contributed by atoms with Crippen molar-refractivity contribution < 1.29 is 0 Å². The number of fused-ring (bicyclic) bond motifs is 2. The van der Waals surface area contributed by atoms with Crippen molar-refractivity contribution in [3.05, 3.63) is 59.2 Å². The molecule has 0 nitrogen and oxygen atoms in total. The lowest BCUT2D eigenvalue weighted by atomic mass is 9.83. The predicted octanol–water partition coefficient (Wildman–Crippen LogP) is 7.82. The number of benzene rings is 3.